The number of carbonyl (C=O) groups is 1. The smallest absolute Gasteiger partial charge is 0.271 e. The van der Waals surface area contributed by atoms with Crippen molar-refractivity contribution in [1.82, 2.24) is 10.2 Å². The molecule has 3 aromatic rings. The molecular formula is C22H21N5OS2. The Labute approximate surface area is 184 Å². The molecular weight excluding hydrogens is 414 g/mol. The number of amidine groups is 1. The molecule has 1 aliphatic rings. The Balaban J connectivity index is 1.71. The van der Waals surface area contributed by atoms with E-state index in [-0.39, 0.29) is 5.91 Å². The molecule has 4 rings (SSSR count). The van der Waals surface area contributed by atoms with E-state index in [1.54, 1.807) is 4.90 Å². The van der Waals surface area contributed by atoms with Crippen LogP contribution in [0.5, 0.6) is 0 Å². The molecule has 2 heterocycles. The summed E-state index contributed by atoms with van der Waals surface area (Å²) in [5, 5.41) is 10.3. The summed E-state index contributed by atoms with van der Waals surface area (Å²) in [5.41, 5.74) is 2.86. The fourth-order valence-corrected chi connectivity index (χ4v) is 4.58. The first-order chi connectivity index (χ1) is 14.5. The van der Waals surface area contributed by atoms with Crippen LogP contribution in [-0.2, 0) is 11.2 Å². The summed E-state index contributed by atoms with van der Waals surface area (Å²) < 4.78 is 0. The van der Waals surface area contributed by atoms with Crippen LogP contribution in [0.1, 0.15) is 17.5 Å². The van der Waals surface area contributed by atoms with Crippen molar-refractivity contribution in [3.63, 3.8) is 0 Å². The van der Waals surface area contributed by atoms with Crippen LogP contribution in [0.3, 0.4) is 0 Å². The number of hydrogen-bond acceptors (Lipinski definition) is 7. The Kier molecular flexibility index (Phi) is 5.96. The highest BCUT2D eigenvalue weighted by Gasteiger charge is 2.35. The minimum Gasteiger partial charge on any atom is -0.378 e. The molecule has 8 heteroatoms. The van der Waals surface area contributed by atoms with Gasteiger partial charge < -0.3 is 4.90 Å². The van der Waals surface area contributed by atoms with E-state index < -0.39 is 0 Å². The molecule has 0 spiro atoms. The van der Waals surface area contributed by atoms with Crippen LogP contribution >= 0.6 is 23.1 Å². The Hall–Kier alpha value is -2.97. The first-order valence-electron chi connectivity index (χ1n) is 9.52. The summed E-state index contributed by atoms with van der Waals surface area (Å²) in [6.07, 6.45) is 2.72. The summed E-state index contributed by atoms with van der Waals surface area (Å²) in [5.74, 6) is -0.0955. The Morgan fingerprint density at radius 1 is 1.07 bits per heavy atom. The fourth-order valence-electron chi connectivity index (χ4n) is 2.89. The molecule has 0 radical (unpaired) electrons. The minimum absolute atomic E-state index is 0.0955. The molecule has 30 heavy (non-hydrogen) atoms. The lowest BCUT2D eigenvalue weighted by atomic mass is 10.2. The van der Waals surface area contributed by atoms with Crippen molar-refractivity contribution in [2.75, 3.05) is 23.9 Å². The van der Waals surface area contributed by atoms with Gasteiger partial charge in [-0.1, -0.05) is 48.6 Å². The first kappa shape index (κ1) is 20.3. The minimum atomic E-state index is -0.0955. The summed E-state index contributed by atoms with van der Waals surface area (Å²) in [7, 11) is 4.00. The maximum Gasteiger partial charge on any atom is 0.271 e. The Morgan fingerprint density at radius 3 is 2.43 bits per heavy atom. The van der Waals surface area contributed by atoms with E-state index in [4.69, 9.17) is 0 Å². The summed E-state index contributed by atoms with van der Waals surface area (Å²) in [4.78, 5) is 22.2. The van der Waals surface area contributed by atoms with Gasteiger partial charge in [0, 0.05) is 19.8 Å². The molecule has 1 amide bonds. The molecule has 1 saturated heterocycles. The number of hydrogen-bond donors (Lipinski definition) is 0. The third kappa shape index (κ3) is 4.29. The van der Waals surface area contributed by atoms with Crippen LogP contribution < -0.4 is 9.80 Å². The zero-order valence-corrected chi connectivity index (χ0v) is 18.6. The largest absolute Gasteiger partial charge is 0.378 e. The molecule has 1 aliphatic heterocycles. The van der Waals surface area contributed by atoms with E-state index in [0.29, 0.717) is 15.2 Å². The van der Waals surface area contributed by atoms with Crippen LogP contribution in [0.4, 0.5) is 16.5 Å². The topological polar surface area (TPSA) is 61.7 Å². The monoisotopic (exact) mass is 435 g/mol. The number of benzene rings is 2. The summed E-state index contributed by atoms with van der Waals surface area (Å²) in [6.45, 7) is 2.03. The first-order valence-corrected chi connectivity index (χ1v) is 11.2. The van der Waals surface area contributed by atoms with Crippen molar-refractivity contribution >= 4 is 56.8 Å². The van der Waals surface area contributed by atoms with Gasteiger partial charge in [-0.15, -0.1) is 10.2 Å². The van der Waals surface area contributed by atoms with Crippen molar-refractivity contribution in [3.05, 3.63) is 70.1 Å². The second kappa shape index (κ2) is 8.81. The molecule has 0 bridgehead atoms. The van der Waals surface area contributed by atoms with Crippen molar-refractivity contribution in [2.45, 2.75) is 13.3 Å². The molecule has 152 valence electrons. The summed E-state index contributed by atoms with van der Waals surface area (Å²) >= 11 is 2.80. The molecule has 0 unspecified atom stereocenters. The van der Waals surface area contributed by atoms with Crippen molar-refractivity contribution in [2.24, 2.45) is 4.99 Å². The molecule has 0 N–H and O–H groups in total. The number of amides is 1. The van der Waals surface area contributed by atoms with Gasteiger partial charge in [0.1, 0.15) is 5.01 Å². The number of thioether (sulfide) groups is 1. The molecule has 1 aromatic heterocycles. The van der Waals surface area contributed by atoms with Gasteiger partial charge in [-0.05, 0) is 54.1 Å². The lowest BCUT2D eigenvalue weighted by Crippen LogP contribution is -2.28. The predicted molar refractivity (Wildman–Crippen MR) is 127 cm³/mol. The van der Waals surface area contributed by atoms with Crippen molar-refractivity contribution < 1.29 is 4.79 Å². The number of anilines is 2. The van der Waals surface area contributed by atoms with E-state index in [9.17, 15) is 4.79 Å². The number of aromatic nitrogens is 2. The van der Waals surface area contributed by atoms with Gasteiger partial charge in [0.25, 0.3) is 5.91 Å². The zero-order valence-electron chi connectivity index (χ0n) is 16.9. The lowest BCUT2D eigenvalue weighted by molar-refractivity contribution is -0.113. The Morgan fingerprint density at radius 2 is 1.80 bits per heavy atom. The highest BCUT2D eigenvalue weighted by atomic mass is 32.2. The standard InChI is InChI=1S/C22H21N5OS2/c1-4-19-24-25-21(30-19)23-22-27(17-8-6-5-7-9-17)20(28)18(29-22)14-15-10-12-16(13-11-15)26(2)3/h5-14H,4H2,1-3H3. The average molecular weight is 436 g/mol. The fraction of sp³-hybridized carbons (Fsp3) is 0.182. The van der Waals surface area contributed by atoms with Crippen LogP contribution in [0.2, 0.25) is 0 Å². The normalized spacial score (nSPS) is 16.6. The molecule has 0 saturated carbocycles. The highest BCUT2D eigenvalue weighted by molar-refractivity contribution is 8.19. The van der Waals surface area contributed by atoms with E-state index in [1.165, 1.54) is 23.1 Å². The lowest BCUT2D eigenvalue weighted by Gasteiger charge is -2.14. The molecule has 0 aliphatic carbocycles. The number of nitrogens with zero attached hydrogens (tertiary/aromatic N) is 5. The van der Waals surface area contributed by atoms with E-state index in [0.717, 1.165) is 28.4 Å². The van der Waals surface area contributed by atoms with Crippen LogP contribution in [-0.4, -0.2) is 35.4 Å². The highest BCUT2D eigenvalue weighted by Crippen LogP contribution is 2.37. The molecule has 0 atom stereocenters. The average Bonchev–Trinajstić information content (AvgIpc) is 3.33. The maximum absolute atomic E-state index is 13.3. The van der Waals surface area contributed by atoms with Crippen LogP contribution in [0.25, 0.3) is 6.08 Å². The zero-order chi connectivity index (χ0) is 21.1. The molecule has 1 fully saturated rings. The Bertz CT molecular complexity index is 1100. The SMILES string of the molecule is CCc1nnc(N=C2SC(=Cc3ccc(N(C)C)cc3)C(=O)N2c2ccccc2)s1. The van der Waals surface area contributed by atoms with Crippen LogP contribution in [0.15, 0.2) is 64.5 Å². The number of carbonyl (C=O) groups excluding carboxylic acids is 1. The van der Waals surface area contributed by atoms with Gasteiger partial charge in [-0.3, -0.25) is 9.69 Å². The van der Waals surface area contributed by atoms with Crippen LogP contribution in [0, 0.1) is 0 Å². The second-order valence-electron chi connectivity index (χ2n) is 6.80. The maximum atomic E-state index is 13.3. The van der Waals surface area contributed by atoms with Gasteiger partial charge >= 0.3 is 0 Å². The van der Waals surface area contributed by atoms with Gasteiger partial charge in [-0.2, -0.15) is 4.99 Å². The number of aliphatic imine (C=N–C) groups is 1. The third-order valence-corrected chi connectivity index (χ3v) is 6.41. The van der Waals surface area contributed by atoms with Crippen molar-refractivity contribution in [1.29, 1.82) is 0 Å². The van der Waals surface area contributed by atoms with E-state index in [2.05, 4.69) is 15.2 Å². The van der Waals surface area contributed by atoms with E-state index >= 15 is 0 Å². The summed E-state index contributed by atoms with van der Waals surface area (Å²) in [6, 6.07) is 17.6. The van der Waals surface area contributed by atoms with E-state index in [1.807, 2.05) is 86.6 Å². The van der Waals surface area contributed by atoms with Gasteiger partial charge in [-0.25, -0.2) is 0 Å². The molecule has 6 nitrogen and oxygen atoms in total. The predicted octanol–water partition coefficient (Wildman–Crippen LogP) is 4.98. The van der Waals surface area contributed by atoms with Crippen molar-refractivity contribution in [3.8, 4) is 0 Å². The quantitative estimate of drug-likeness (QED) is 0.529. The number of aryl methyl sites for hydroxylation is 1. The van der Waals surface area contributed by atoms with Gasteiger partial charge in [0.2, 0.25) is 5.13 Å². The van der Waals surface area contributed by atoms with Gasteiger partial charge in [0.05, 0.1) is 10.6 Å². The third-order valence-electron chi connectivity index (χ3n) is 4.48. The number of para-hydroxylation sites is 1. The van der Waals surface area contributed by atoms with Gasteiger partial charge in [0.15, 0.2) is 5.17 Å². The number of rotatable bonds is 5. The molecule has 2 aromatic carbocycles. The second-order valence-corrected chi connectivity index (χ2v) is 8.85.